The van der Waals surface area contributed by atoms with Crippen molar-refractivity contribution in [2.75, 3.05) is 0 Å². The Morgan fingerprint density at radius 3 is 2.95 bits per heavy atom. The molecule has 21 heavy (non-hydrogen) atoms. The third-order valence-corrected chi connectivity index (χ3v) is 4.44. The molecule has 0 bridgehead atoms. The third kappa shape index (κ3) is 2.57. The van der Waals surface area contributed by atoms with Crippen molar-refractivity contribution >= 4 is 33.9 Å². The van der Waals surface area contributed by atoms with Gasteiger partial charge in [-0.05, 0) is 24.4 Å². The highest BCUT2D eigenvalue weighted by Crippen LogP contribution is 2.17. The van der Waals surface area contributed by atoms with E-state index in [9.17, 15) is 4.79 Å². The minimum absolute atomic E-state index is 0.0930. The second kappa shape index (κ2) is 5.71. The zero-order valence-electron chi connectivity index (χ0n) is 11.1. The lowest BCUT2D eigenvalue weighted by atomic mass is 10.3. The van der Waals surface area contributed by atoms with E-state index in [-0.39, 0.29) is 5.56 Å². The summed E-state index contributed by atoms with van der Waals surface area (Å²) in [6, 6.07) is 5.61. The SMILES string of the molecule is C=CCn1c(=S)sc2c(=O)n(Cc3ccccn3)cnc21. The first-order chi connectivity index (χ1) is 10.2. The summed E-state index contributed by atoms with van der Waals surface area (Å²) in [5.41, 5.74) is 1.34. The molecule has 0 unspecified atom stereocenters. The van der Waals surface area contributed by atoms with Crippen LogP contribution in [0.4, 0.5) is 0 Å². The number of thiazole rings is 1. The Kier molecular flexibility index (Phi) is 3.76. The van der Waals surface area contributed by atoms with Gasteiger partial charge in [0.1, 0.15) is 11.0 Å². The molecule has 0 aliphatic rings. The summed E-state index contributed by atoms with van der Waals surface area (Å²) in [7, 11) is 0. The first kappa shape index (κ1) is 13.8. The van der Waals surface area contributed by atoms with E-state index in [0.717, 1.165) is 5.69 Å². The molecule has 0 aliphatic heterocycles. The van der Waals surface area contributed by atoms with Crippen molar-refractivity contribution in [2.24, 2.45) is 0 Å². The Balaban J connectivity index is 2.11. The first-order valence-corrected chi connectivity index (χ1v) is 7.53. The quantitative estimate of drug-likeness (QED) is 0.548. The van der Waals surface area contributed by atoms with Gasteiger partial charge in [0.2, 0.25) is 0 Å². The van der Waals surface area contributed by atoms with Crippen molar-refractivity contribution in [3.05, 3.63) is 63.4 Å². The van der Waals surface area contributed by atoms with Gasteiger partial charge < -0.3 is 4.57 Å². The fraction of sp³-hybridized carbons (Fsp3) is 0.143. The molecule has 0 atom stereocenters. The third-order valence-electron chi connectivity index (χ3n) is 3.01. The normalized spacial score (nSPS) is 10.9. The van der Waals surface area contributed by atoms with Crippen LogP contribution in [0.2, 0.25) is 0 Å². The van der Waals surface area contributed by atoms with Crippen LogP contribution >= 0.6 is 23.6 Å². The van der Waals surface area contributed by atoms with Crippen LogP contribution in [-0.2, 0) is 13.1 Å². The summed E-state index contributed by atoms with van der Waals surface area (Å²) in [4.78, 5) is 21.1. The van der Waals surface area contributed by atoms with E-state index in [1.807, 2.05) is 22.8 Å². The highest BCUT2D eigenvalue weighted by Gasteiger charge is 2.11. The molecule has 3 rings (SSSR count). The van der Waals surface area contributed by atoms with Crippen LogP contribution in [0.1, 0.15) is 5.69 Å². The number of hydrogen-bond acceptors (Lipinski definition) is 5. The summed E-state index contributed by atoms with van der Waals surface area (Å²) in [6.45, 7) is 4.65. The van der Waals surface area contributed by atoms with Gasteiger partial charge >= 0.3 is 0 Å². The molecule has 5 nitrogen and oxygen atoms in total. The van der Waals surface area contributed by atoms with Crippen molar-refractivity contribution in [3.63, 3.8) is 0 Å². The molecular weight excluding hydrogens is 304 g/mol. The predicted molar refractivity (Wildman–Crippen MR) is 86.2 cm³/mol. The Hall–Kier alpha value is -2.12. The molecule has 3 aromatic heterocycles. The molecular formula is C14H12N4OS2. The molecule has 0 radical (unpaired) electrons. The van der Waals surface area contributed by atoms with Crippen LogP contribution in [0, 0.1) is 3.95 Å². The summed E-state index contributed by atoms with van der Waals surface area (Å²) in [6.07, 6.45) is 4.99. The molecule has 3 aromatic rings. The Bertz CT molecular complexity index is 908. The van der Waals surface area contributed by atoms with Crippen molar-refractivity contribution in [1.29, 1.82) is 0 Å². The van der Waals surface area contributed by atoms with Crippen LogP contribution in [-0.4, -0.2) is 19.1 Å². The maximum absolute atomic E-state index is 12.5. The fourth-order valence-corrected chi connectivity index (χ4v) is 3.36. The smallest absolute Gasteiger partial charge is 0.273 e. The van der Waals surface area contributed by atoms with E-state index in [1.54, 1.807) is 23.2 Å². The van der Waals surface area contributed by atoms with Gasteiger partial charge in [-0.3, -0.25) is 14.3 Å². The molecule has 3 heterocycles. The average molecular weight is 316 g/mol. The van der Waals surface area contributed by atoms with E-state index >= 15 is 0 Å². The van der Waals surface area contributed by atoms with E-state index in [4.69, 9.17) is 12.2 Å². The number of rotatable bonds is 4. The lowest BCUT2D eigenvalue weighted by Gasteiger charge is -2.05. The van der Waals surface area contributed by atoms with Crippen molar-refractivity contribution in [3.8, 4) is 0 Å². The number of pyridine rings is 1. The molecule has 106 valence electrons. The van der Waals surface area contributed by atoms with Crippen LogP contribution in [0.25, 0.3) is 10.3 Å². The lowest BCUT2D eigenvalue weighted by Crippen LogP contribution is -2.21. The summed E-state index contributed by atoms with van der Waals surface area (Å²) >= 11 is 6.57. The van der Waals surface area contributed by atoms with Crippen molar-refractivity contribution in [1.82, 2.24) is 19.1 Å². The molecule has 0 fully saturated rings. The van der Waals surface area contributed by atoms with Gasteiger partial charge in [0.25, 0.3) is 5.56 Å². The Labute approximate surface area is 129 Å². The maximum atomic E-state index is 12.5. The van der Waals surface area contributed by atoms with Crippen molar-refractivity contribution < 1.29 is 0 Å². The molecule has 0 aliphatic carbocycles. The number of allylic oxidation sites excluding steroid dienone is 1. The number of fused-ring (bicyclic) bond motifs is 1. The minimum Gasteiger partial charge on any atom is -0.304 e. The van der Waals surface area contributed by atoms with Gasteiger partial charge in [-0.15, -0.1) is 6.58 Å². The van der Waals surface area contributed by atoms with Gasteiger partial charge in [0.05, 0.1) is 12.2 Å². The molecule has 0 saturated carbocycles. The van der Waals surface area contributed by atoms with Crippen LogP contribution in [0.15, 0.2) is 48.2 Å². The van der Waals surface area contributed by atoms with Gasteiger partial charge in [-0.2, -0.15) is 0 Å². The molecule has 7 heteroatoms. The van der Waals surface area contributed by atoms with Crippen LogP contribution in [0.3, 0.4) is 0 Å². The lowest BCUT2D eigenvalue weighted by molar-refractivity contribution is 0.724. The van der Waals surface area contributed by atoms with Crippen molar-refractivity contribution in [2.45, 2.75) is 13.1 Å². The standard InChI is InChI=1S/C14H12N4OS2/c1-2-7-18-12-11(21-14(18)20)13(19)17(9-16-12)8-10-5-3-4-6-15-10/h2-6,9H,1,7-8H2. The second-order valence-corrected chi connectivity index (χ2v) is 6.06. The van der Waals surface area contributed by atoms with Gasteiger partial charge in [-0.1, -0.05) is 23.5 Å². The largest absolute Gasteiger partial charge is 0.304 e. The Morgan fingerprint density at radius 1 is 1.38 bits per heavy atom. The van der Waals surface area contributed by atoms with Crippen LogP contribution < -0.4 is 5.56 Å². The van der Waals surface area contributed by atoms with E-state index in [2.05, 4.69) is 16.5 Å². The second-order valence-electron chi connectivity index (χ2n) is 4.42. The van der Waals surface area contributed by atoms with Gasteiger partial charge in [0.15, 0.2) is 9.60 Å². The predicted octanol–water partition coefficient (Wildman–Crippen LogP) is 2.62. The molecule has 0 aromatic carbocycles. The number of aromatic nitrogens is 4. The molecule has 0 N–H and O–H groups in total. The maximum Gasteiger partial charge on any atom is 0.273 e. The zero-order chi connectivity index (χ0) is 14.8. The molecule has 0 amide bonds. The zero-order valence-corrected chi connectivity index (χ0v) is 12.7. The van der Waals surface area contributed by atoms with Crippen LogP contribution in [0.5, 0.6) is 0 Å². The number of nitrogens with zero attached hydrogens (tertiary/aromatic N) is 4. The van der Waals surface area contributed by atoms with E-state index < -0.39 is 0 Å². The number of hydrogen-bond donors (Lipinski definition) is 0. The Morgan fingerprint density at radius 2 is 2.24 bits per heavy atom. The summed E-state index contributed by atoms with van der Waals surface area (Å²) < 4.78 is 4.56. The van der Waals surface area contributed by atoms with Gasteiger partial charge in [0, 0.05) is 12.7 Å². The fourth-order valence-electron chi connectivity index (χ4n) is 2.04. The van der Waals surface area contributed by atoms with E-state index in [0.29, 0.717) is 27.4 Å². The monoisotopic (exact) mass is 316 g/mol. The topological polar surface area (TPSA) is 52.7 Å². The highest BCUT2D eigenvalue weighted by atomic mass is 32.1. The molecule has 0 saturated heterocycles. The van der Waals surface area contributed by atoms with Gasteiger partial charge in [-0.25, -0.2) is 4.98 Å². The highest BCUT2D eigenvalue weighted by molar-refractivity contribution is 7.73. The summed E-state index contributed by atoms with van der Waals surface area (Å²) in [5.74, 6) is 0. The van der Waals surface area contributed by atoms with E-state index in [1.165, 1.54) is 11.3 Å². The first-order valence-electron chi connectivity index (χ1n) is 6.30. The minimum atomic E-state index is -0.0930. The summed E-state index contributed by atoms with van der Waals surface area (Å²) in [5, 5.41) is 0. The molecule has 0 spiro atoms. The average Bonchev–Trinajstić information content (AvgIpc) is 2.81.